The molecule has 2 aliphatic rings. The Balaban J connectivity index is 1.62. The van der Waals surface area contributed by atoms with Crippen LogP contribution in [-0.2, 0) is 0 Å². The van der Waals surface area contributed by atoms with Crippen LogP contribution in [0.2, 0.25) is 0 Å². The molecule has 2 N–H and O–H groups in total. The lowest BCUT2D eigenvalue weighted by Crippen LogP contribution is -2.21. The van der Waals surface area contributed by atoms with Crippen molar-refractivity contribution in [2.24, 2.45) is 0 Å². The molecule has 8 rings (SSSR count). The van der Waals surface area contributed by atoms with Gasteiger partial charge >= 0.3 is 0 Å². The van der Waals surface area contributed by atoms with E-state index in [9.17, 15) is 0 Å². The molecule has 0 atom stereocenters. The minimum atomic E-state index is 0.570. The lowest BCUT2D eigenvalue weighted by atomic mass is 10.1. The maximum absolute atomic E-state index is 5.02. The molecule has 8 nitrogen and oxygen atoms in total. The Bertz CT molecular complexity index is 2360. The third kappa shape index (κ3) is 3.54. The maximum Gasteiger partial charge on any atom is 0.164 e. The molecule has 6 aromatic rings. The van der Waals surface area contributed by atoms with Gasteiger partial charge in [0.2, 0.25) is 0 Å². The van der Waals surface area contributed by atoms with E-state index in [1.165, 1.54) is 0 Å². The number of rotatable bonds is 1. The fourth-order valence-corrected chi connectivity index (χ4v) is 5.53. The van der Waals surface area contributed by atoms with Gasteiger partial charge in [0.05, 0.1) is 0 Å². The predicted molar refractivity (Wildman–Crippen MR) is 163 cm³/mol. The second kappa shape index (κ2) is 8.89. The van der Waals surface area contributed by atoms with Crippen molar-refractivity contribution < 1.29 is 0 Å². The smallest absolute Gasteiger partial charge is 0.164 e. The quantitative estimate of drug-likeness (QED) is 0.291. The number of nitrogens with one attached hydrogen (secondary N) is 2. The largest absolute Gasteiger partial charge is 0.324 e. The van der Waals surface area contributed by atoms with Gasteiger partial charge in [0, 0.05) is 43.5 Å². The molecule has 0 saturated heterocycles. The predicted octanol–water partition coefficient (Wildman–Crippen LogP) is 5.48. The minimum absolute atomic E-state index is 0.570. The molecule has 8 heteroatoms. The van der Waals surface area contributed by atoms with Crippen molar-refractivity contribution in [3.8, 4) is 45.6 Å². The molecule has 0 amide bonds. The average Bonchev–Trinajstić information content (AvgIpc) is 3.72. The molecule has 8 bridgehead atoms. The molecule has 0 radical (unpaired) electrons. The summed E-state index contributed by atoms with van der Waals surface area (Å²) in [5, 5.41) is 3.67. The molecule has 3 aromatic heterocycles. The number of hydrogen-bond acceptors (Lipinski definition) is 6. The third-order valence-electron chi connectivity index (χ3n) is 7.40. The van der Waals surface area contributed by atoms with Gasteiger partial charge in [0.15, 0.2) is 23.3 Å². The zero-order valence-corrected chi connectivity index (χ0v) is 22.1. The van der Waals surface area contributed by atoms with E-state index in [1.54, 1.807) is 6.08 Å². The maximum atomic E-state index is 5.02. The van der Waals surface area contributed by atoms with E-state index in [4.69, 9.17) is 29.9 Å². The van der Waals surface area contributed by atoms with Gasteiger partial charge in [-0.2, -0.15) is 0 Å². The first-order valence-electron chi connectivity index (χ1n) is 13.3. The second-order valence-corrected chi connectivity index (χ2v) is 9.76. The molecular formula is C33H22N8. The molecule has 41 heavy (non-hydrogen) atoms. The van der Waals surface area contributed by atoms with Gasteiger partial charge in [-0.1, -0.05) is 97.6 Å². The van der Waals surface area contributed by atoms with E-state index in [1.807, 2.05) is 91.9 Å². The van der Waals surface area contributed by atoms with E-state index < -0.39 is 0 Å². The van der Waals surface area contributed by atoms with Crippen LogP contribution in [0.1, 0.15) is 6.92 Å². The summed E-state index contributed by atoms with van der Waals surface area (Å²) in [4.78, 5) is 36.8. The zero-order valence-electron chi connectivity index (χ0n) is 22.1. The Morgan fingerprint density at radius 3 is 1.34 bits per heavy atom. The van der Waals surface area contributed by atoms with Crippen LogP contribution in [0.3, 0.4) is 0 Å². The van der Waals surface area contributed by atoms with Crippen LogP contribution in [0, 0.1) is 0 Å². The zero-order chi connectivity index (χ0) is 27.5. The number of H-pyrrole nitrogens is 2. The van der Waals surface area contributed by atoms with Gasteiger partial charge in [-0.15, -0.1) is 0 Å². The third-order valence-corrected chi connectivity index (χ3v) is 7.40. The van der Waals surface area contributed by atoms with E-state index in [0.717, 1.165) is 43.5 Å². The first-order valence-corrected chi connectivity index (χ1v) is 13.3. The van der Waals surface area contributed by atoms with E-state index in [0.29, 0.717) is 45.9 Å². The lowest BCUT2D eigenvalue weighted by Gasteiger charge is -1.96. The molecule has 0 fully saturated rings. The van der Waals surface area contributed by atoms with Crippen LogP contribution in [0.5, 0.6) is 0 Å². The molecule has 0 aliphatic carbocycles. The Labute approximate surface area is 233 Å². The van der Waals surface area contributed by atoms with Crippen molar-refractivity contribution >= 4 is 45.5 Å². The topological polar surface area (TPSA) is 109 Å². The van der Waals surface area contributed by atoms with Gasteiger partial charge in [0.25, 0.3) is 0 Å². The SMILES string of the molecule is C=C/C=c1\c(=C/C)c2nc3nc(nc4[nH]c(nc5nc(nc1[nH]2)-c1ccccc1-5)c1ccccc41)-c1ccccc1-3. The molecule has 0 spiro atoms. The number of benzene rings is 3. The summed E-state index contributed by atoms with van der Waals surface area (Å²) in [7, 11) is 0. The van der Waals surface area contributed by atoms with Crippen LogP contribution in [0.25, 0.3) is 91.1 Å². The lowest BCUT2D eigenvalue weighted by molar-refractivity contribution is 1.19. The number of allylic oxidation sites excluding steroid dienone is 1. The molecule has 2 aliphatic heterocycles. The van der Waals surface area contributed by atoms with Gasteiger partial charge in [-0.25, -0.2) is 29.9 Å². The Kier molecular flexibility index (Phi) is 5.02. The van der Waals surface area contributed by atoms with Crippen molar-refractivity contribution in [2.45, 2.75) is 6.92 Å². The molecule has 3 aromatic carbocycles. The van der Waals surface area contributed by atoms with Crippen molar-refractivity contribution in [1.29, 1.82) is 0 Å². The van der Waals surface area contributed by atoms with Crippen molar-refractivity contribution in [1.82, 2.24) is 39.9 Å². The van der Waals surface area contributed by atoms with Gasteiger partial charge in [-0.3, -0.25) is 0 Å². The van der Waals surface area contributed by atoms with Gasteiger partial charge < -0.3 is 9.97 Å². The Morgan fingerprint density at radius 1 is 0.512 bits per heavy atom. The molecule has 0 unspecified atom stereocenters. The summed E-state index contributed by atoms with van der Waals surface area (Å²) in [6.45, 7) is 5.91. The average molecular weight is 531 g/mol. The van der Waals surface area contributed by atoms with E-state index in [-0.39, 0.29) is 0 Å². The monoisotopic (exact) mass is 530 g/mol. The fourth-order valence-electron chi connectivity index (χ4n) is 5.53. The first kappa shape index (κ1) is 23.2. The van der Waals surface area contributed by atoms with Crippen molar-refractivity contribution in [3.63, 3.8) is 0 Å². The highest BCUT2D eigenvalue weighted by atomic mass is 15.1. The van der Waals surface area contributed by atoms with Crippen LogP contribution < -0.4 is 10.4 Å². The molecule has 194 valence electrons. The molecule has 5 heterocycles. The normalized spacial score (nSPS) is 12.9. The standard InChI is InChI=1S/C33H22N8/c1-3-11-19-18(4-2)26-34-27(19)36-29-22-14-7-8-15-23(22)31(38-29)40-33-25-17-10-9-16-24(25)32(41-33)39-30-21-13-6-5-12-20(21)28(35-26)37-30/h3-17H,1H2,2H3,(H2,34,35,36,37,38,39,40,41)/b18-4+,19-11+. The first-order chi connectivity index (χ1) is 20.2. The van der Waals surface area contributed by atoms with Gasteiger partial charge in [0.1, 0.15) is 22.6 Å². The molecular weight excluding hydrogens is 508 g/mol. The van der Waals surface area contributed by atoms with Crippen molar-refractivity contribution in [2.75, 3.05) is 0 Å². The fraction of sp³-hybridized carbons (Fsp3) is 0.0303. The number of aromatic nitrogens is 8. The van der Waals surface area contributed by atoms with E-state index >= 15 is 0 Å². The van der Waals surface area contributed by atoms with Crippen LogP contribution in [-0.4, -0.2) is 39.9 Å². The highest BCUT2D eigenvalue weighted by Crippen LogP contribution is 2.35. The second-order valence-electron chi connectivity index (χ2n) is 9.76. The van der Waals surface area contributed by atoms with Crippen LogP contribution in [0.15, 0.2) is 85.5 Å². The highest BCUT2D eigenvalue weighted by Gasteiger charge is 2.21. The summed E-state index contributed by atoms with van der Waals surface area (Å²) < 4.78 is 0. The number of fused-ring (bicyclic) bond motifs is 17. The van der Waals surface area contributed by atoms with E-state index in [2.05, 4.69) is 16.5 Å². The van der Waals surface area contributed by atoms with Gasteiger partial charge in [-0.05, 0) is 6.92 Å². The Morgan fingerprint density at radius 2 is 0.902 bits per heavy atom. The number of hydrogen-bond donors (Lipinski definition) is 2. The summed E-state index contributed by atoms with van der Waals surface area (Å²) in [5.41, 5.74) is 6.27. The highest BCUT2D eigenvalue weighted by molar-refractivity contribution is 6.04. The van der Waals surface area contributed by atoms with Crippen LogP contribution >= 0.6 is 0 Å². The summed E-state index contributed by atoms with van der Waals surface area (Å²) in [6.07, 6.45) is 5.69. The molecule has 0 saturated carbocycles. The summed E-state index contributed by atoms with van der Waals surface area (Å²) >= 11 is 0. The van der Waals surface area contributed by atoms with Crippen molar-refractivity contribution in [3.05, 3.63) is 95.9 Å². The summed E-state index contributed by atoms with van der Waals surface area (Å²) in [6, 6.07) is 24.1. The number of nitrogens with zero attached hydrogens (tertiary/aromatic N) is 6. The summed E-state index contributed by atoms with van der Waals surface area (Å²) in [5.74, 6) is 2.31. The Hall–Kier alpha value is -5.76. The van der Waals surface area contributed by atoms with Crippen LogP contribution in [0.4, 0.5) is 0 Å². The minimum Gasteiger partial charge on any atom is -0.324 e. The number of aromatic amines is 2.